The molecule has 0 spiro atoms. The summed E-state index contributed by atoms with van der Waals surface area (Å²) in [6.07, 6.45) is 2.67. The Bertz CT molecular complexity index is 688. The quantitative estimate of drug-likeness (QED) is 0.351. The van der Waals surface area contributed by atoms with E-state index < -0.39 is 0 Å². The number of nitrogens with one attached hydrogen (secondary N) is 2. The molecule has 0 amide bonds. The van der Waals surface area contributed by atoms with Crippen molar-refractivity contribution in [3.8, 4) is 5.75 Å². The normalized spacial score (nSPS) is 12.2. The van der Waals surface area contributed by atoms with Gasteiger partial charge in [-0.05, 0) is 31.5 Å². The smallest absolute Gasteiger partial charge is 0.191 e. The minimum atomic E-state index is 0. The molecule has 0 saturated heterocycles. The van der Waals surface area contributed by atoms with Crippen LogP contribution in [-0.4, -0.2) is 47.0 Å². The number of nitrogens with zero attached hydrogens (tertiary/aromatic N) is 4. The van der Waals surface area contributed by atoms with Crippen LogP contribution >= 0.6 is 24.0 Å². The molecule has 0 aliphatic heterocycles. The van der Waals surface area contributed by atoms with E-state index in [1.165, 1.54) is 5.56 Å². The molecular weight excluding hydrogens is 443 g/mol. The van der Waals surface area contributed by atoms with Crippen molar-refractivity contribution in [2.24, 2.45) is 4.99 Å². The molecular formula is C18H29IN6O. The molecule has 26 heavy (non-hydrogen) atoms. The maximum absolute atomic E-state index is 5.92. The topological polar surface area (TPSA) is 76.4 Å². The van der Waals surface area contributed by atoms with Gasteiger partial charge in [-0.1, -0.05) is 19.1 Å². The third-order valence-electron chi connectivity index (χ3n) is 3.76. The summed E-state index contributed by atoms with van der Waals surface area (Å²) in [5, 5.41) is 14.6. The number of hydrogen-bond acceptors (Lipinski definition) is 4. The van der Waals surface area contributed by atoms with Gasteiger partial charge in [0.15, 0.2) is 5.96 Å². The Labute approximate surface area is 172 Å². The number of hydrogen-bond donors (Lipinski definition) is 2. The molecule has 2 aromatic rings. The first-order chi connectivity index (χ1) is 12.1. The van der Waals surface area contributed by atoms with E-state index in [-0.39, 0.29) is 30.1 Å². The number of aromatic nitrogens is 3. The van der Waals surface area contributed by atoms with Gasteiger partial charge in [0.25, 0.3) is 0 Å². The number of ether oxygens (including phenoxy) is 1. The second-order valence-corrected chi connectivity index (χ2v) is 5.92. The fourth-order valence-electron chi connectivity index (χ4n) is 2.46. The van der Waals surface area contributed by atoms with Gasteiger partial charge < -0.3 is 19.9 Å². The van der Waals surface area contributed by atoms with Gasteiger partial charge in [0, 0.05) is 26.6 Å². The lowest BCUT2D eigenvalue weighted by Crippen LogP contribution is -2.42. The molecule has 1 aromatic carbocycles. The predicted octanol–water partition coefficient (Wildman–Crippen LogP) is 2.40. The fourth-order valence-corrected chi connectivity index (χ4v) is 2.46. The lowest BCUT2D eigenvalue weighted by atomic mass is 10.2. The van der Waals surface area contributed by atoms with Crippen LogP contribution in [0.25, 0.3) is 0 Å². The number of rotatable bonds is 8. The summed E-state index contributed by atoms with van der Waals surface area (Å²) in [6, 6.07) is 8.07. The Morgan fingerprint density at radius 1 is 1.35 bits per heavy atom. The van der Waals surface area contributed by atoms with Crippen LogP contribution in [0.3, 0.4) is 0 Å². The Morgan fingerprint density at radius 3 is 2.85 bits per heavy atom. The minimum Gasteiger partial charge on any atom is -0.489 e. The second-order valence-electron chi connectivity index (χ2n) is 5.92. The van der Waals surface area contributed by atoms with E-state index in [4.69, 9.17) is 4.74 Å². The summed E-state index contributed by atoms with van der Waals surface area (Å²) in [4.78, 5) is 4.24. The standard InChI is InChI=1S/C18H28N6O.HI/c1-5-17-23-22-13-24(17)10-9-20-18(19-4)21-12-15(3)25-16-8-6-7-14(2)11-16;/h6-8,11,13,15H,5,9-10,12H2,1-4H3,(H2,19,20,21);1H. The number of guanidine groups is 1. The third-order valence-corrected chi connectivity index (χ3v) is 3.76. The van der Waals surface area contributed by atoms with Crippen LogP contribution in [0.15, 0.2) is 35.6 Å². The molecule has 144 valence electrons. The molecule has 7 nitrogen and oxygen atoms in total. The molecule has 0 fully saturated rings. The van der Waals surface area contributed by atoms with Crippen LogP contribution in [0.2, 0.25) is 0 Å². The summed E-state index contributed by atoms with van der Waals surface area (Å²) in [6.45, 7) is 8.38. The van der Waals surface area contributed by atoms with E-state index in [0.717, 1.165) is 37.0 Å². The highest BCUT2D eigenvalue weighted by atomic mass is 127. The highest BCUT2D eigenvalue weighted by molar-refractivity contribution is 14.0. The van der Waals surface area contributed by atoms with Gasteiger partial charge in [0.2, 0.25) is 0 Å². The van der Waals surface area contributed by atoms with Gasteiger partial charge in [-0.3, -0.25) is 4.99 Å². The number of benzene rings is 1. The van der Waals surface area contributed by atoms with E-state index in [1.54, 1.807) is 13.4 Å². The second kappa shape index (κ2) is 11.7. The van der Waals surface area contributed by atoms with Crippen molar-refractivity contribution in [2.45, 2.75) is 39.8 Å². The molecule has 0 bridgehead atoms. The van der Waals surface area contributed by atoms with Crippen LogP contribution in [0, 0.1) is 6.92 Å². The fraction of sp³-hybridized carbons (Fsp3) is 0.500. The monoisotopic (exact) mass is 472 g/mol. The van der Waals surface area contributed by atoms with Gasteiger partial charge in [-0.2, -0.15) is 0 Å². The first-order valence-electron chi connectivity index (χ1n) is 8.67. The van der Waals surface area contributed by atoms with Crippen LogP contribution in [0.4, 0.5) is 0 Å². The number of halogens is 1. The summed E-state index contributed by atoms with van der Waals surface area (Å²) in [5.41, 5.74) is 1.19. The molecule has 1 heterocycles. The first-order valence-corrected chi connectivity index (χ1v) is 8.67. The molecule has 2 N–H and O–H groups in total. The van der Waals surface area contributed by atoms with Crippen molar-refractivity contribution in [3.63, 3.8) is 0 Å². The van der Waals surface area contributed by atoms with Crippen molar-refractivity contribution < 1.29 is 4.74 Å². The number of aryl methyl sites for hydroxylation is 2. The van der Waals surface area contributed by atoms with E-state index in [9.17, 15) is 0 Å². The Morgan fingerprint density at radius 2 is 2.15 bits per heavy atom. The van der Waals surface area contributed by atoms with Gasteiger partial charge in [0.1, 0.15) is 24.0 Å². The van der Waals surface area contributed by atoms with Crippen molar-refractivity contribution in [2.75, 3.05) is 20.1 Å². The maximum atomic E-state index is 5.92. The van der Waals surface area contributed by atoms with E-state index >= 15 is 0 Å². The average Bonchev–Trinajstić information content (AvgIpc) is 3.05. The zero-order valence-corrected chi connectivity index (χ0v) is 18.2. The molecule has 0 radical (unpaired) electrons. The molecule has 8 heteroatoms. The minimum absolute atomic E-state index is 0. The lowest BCUT2D eigenvalue weighted by molar-refractivity contribution is 0.223. The zero-order valence-electron chi connectivity index (χ0n) is 15.9. The molecule has 1 aromatic heterocycles. The van der Waals surface area contributed by atoms with Crippen molar-refractivity contribution in [1.82, 2.24) is 25.4 Å². The van der Waals surface area contributed by atoms with E-state index in [1.807, 2.05) is 29.7 Å². The SMILES string of the molecule is CCc1nncn1CCNC(=NC)NCC(C)Oc1cccc(C)c1.I. The first kappa shape index (κ1) is 22.2. The Kier molecular flexibility index (Phi) is 10.0. The van der Waals surface area contributed by atoms with Crippen molar-refractivity contribution in [3.05, 3.63) is 42.0 Å². The summed E-state index contributed by atoms with van der Waals surface area (Å²) >= 11 is 0. The third kappa shape index (κ3) is 7.19. The van der Waals surface area contributed by atoms with Crippen LogP contribution in [0.5, 0.6) is 5.75 Å². The average molecular weight is 472 g/mol. The number of aliphatic imine (C=N–C) groups is 1. The van der Waals surface area contributed by atoms with E-state index in [2.05, 4.69) is 45.7 Å². The van der Waals surface area contributed by atoms with Crippen LogP contribution in [0.1, 0.15) is 25.2 Å². The molecule has 0 aliphatic rings. The summed E-state index contributed by atoms with van der Waals surface area (Å²) in [5.74, 6) is 2.63. The van der Waals surface area contributed by atoms with Crippen LogP contribution in [-0.2, 0) is 13.0 Å². The molecule has 0 saturated carbocycles. The largest absolute Gasteiger partial charge is 0.489 e. The molecule has 1 unspecified atom stereocenters. The van der Waals surface area contributed by atoms with Gasteiger partial charge in [0.05, 0.1) is 6.54 Å². The zero-order chi connectivity index (χ0) is 18.1. The summed E-state index contributed by atoms with van der Waals surface area (Å²) < 4.78 is 7.96. The Balaban J connectivity index is 0.00000338. The van der Waals surface area contributed by atoms with Crippen LogP contribution < -0.4 is 15.4 Å². The summed E-state index contributed by atoms with van der Waals surface area (Å²) in [7, 11) is 1.76. The van der Waals surface area contributed by atoms with Crippen molar-refractivity contribution >= 4 is 29.9 Å². The molecule has 1 atom stereocenters. The molecule has 0 aliphatic carbocycles. The molecule has 2 rings (SSSR count). The van der Waals surface area contributed by atoms with Crippen molar-refractivity contribution in [1.29, 1.82) is 0 Å². The van der Waals surface area contributed by atoms with Gasteiger partial charge in [-0.15, -0.1) is 34.2 Å². The maximum Gasteiger partial charge on any atom is 0.191 e. The lowest BCUT2D eigenvalue weighted by Gasteiger charge is -2.18. The highest BCUT2D eigenvalue weighted by Crippen LogP contribution is 2.13. The van der Waals surface area contributed by atoms with E-state index in [0.29, 0.717) is 6.54 Å². The highest BCUT2D eigenvalue weighted by Gasteiger charge is 2.06. The predicted molar refractivity (Wildman–Crippen MR) is 115 cm³/mol. The van der Waals surface area contributed by atoms with Gasteiger partial charge >= 0.3 is 0 Å². The van der Waals surface area contributed by atoms with Gasteiger partial charge in [-0.25, -0.2) is 0 Å². The Hall–Kier alpha value is -1.84.